The molecule has 2 aromatic carbocycles. The normalized spacial score (nSPS) is 20.9. The van der Waals surface area contributed by atoms with E-state index in [1.165, 1.54) is 5.96 Å². The molecule has 1 aliphatic heterocycles. The second-order valence-electron chi connectivity index (χ2n) is 3.75. The van der Waals surface area contributed by atoms with Crippen molar-refractivity contribution < 1.29 is 13.6 Å². The van der Waals surface area contributed by atoms with E-state index in [-0.39, 0.29) is 0 Å². The van der Waals surface area contributed by atoms with Gasteiger partial charge in [-0.25, -0.2) is 9.56 Å². The first-order valence-electron chi connectivity index (χ1n) is 5.43. The van der Waals surface area contributed by atoms with Crippen molar-refractivity contribution >= 4 is 19.2 Å². The molecule has 0 bridgehead atoms. The molecular weight excluding hydrogens is 249 g/mol. The maximum Gasteiger partial charge on any atom is 0.473 e. The van der Waals surface area contributed by atoms with Gasteiger partial charge in [0.15, 0.2) is 5.75 Å². The molecule has 90 valence electrons. The van der Waals surface area contributed by atoms with Crippen LogP contribution in [-0.2, 0) is 4.57 Å². The zero-order valence-corrected chi connectivity index (χ0v) is 10.3. The van der Waals surface area contributed by atoms with Crippen LogP contribution in [-0.4, -0.2) is 5.96 Å². The molecule has 1 unspecified atom stereocenters. The lowest BCUT2D eigenvalue weighted by atomic mass is 10.3. The molecule has 0 N–H and O–H groups in total. The maximum absolute atomic E-state index is 12.4. The molecule has 0 amide bonds. The highest BCUT2D eigenvalue weighted by Gasteiger charge is 2.30. The Morgan fingerprint density at radius 3 is 2.56 bits per heavy atom. The quantitative estimate of drug-likeness (QED) is 0.765. The molecule has 5 heteroatoms. The minimum absolute atomic E-state index is 0.472. The molecule has 1 aliphatic rings. The van der Waals surface area contributed by atoms with Crippen LogP contribution in [0.1, 0.15) is 0 Å². The van der Waals surface area contributed by atoms with Crippen LogP contribution < -0.4 is 9.05 Å². The van der Waals surface area contributed by atoms with Crippen molar-refractivity contribution in [3.8, 4) is 11.5 Å². The van der Waals surface area contributed by atoms with E-state index in [1.807, 2.05) is 12.1 Å². The Morgan fingerprint density at radius 2 is 1.72 bits per heavy atom. The lowest BCUT2D eigenvalue weighted by Gasteiger charge is -2.20. The summed E-state index contributed by atoms with van der Waals surface area (Å²) in [5.74, 6) is 2.20. The molecule has 0 radical (unpaired) electrons. The number of para-hydroxylation sites is 3. The second kappa shape index (κ2) is 4.31. The molecule has 0 saturated carbocycles. The number of aliphatic imine (C=N–C) groups is 1. The van der Waals surface area contributed by atoms with Crippen molar-refractivity contribution in [2.75, 3.05) is 0 Å². The largest absolute Gasteiger partial charge is 0.473 e. The third-order valence-corrected chi connectivity index (χ3v) is 3.72. The monoisotopic (exact) mass is 259 g/mol. The zero-order chi connectivity index (χ0) is 12.4. The van der Waals surface area contributed by atoms with Crippen LogP contribution >= 0.6 is 7.60 Å². The van der Waals surface area contributed by atoms with Gasteiger partial charge in [0.25, 0.3) is 0 Å². The first kappa shape index (κ1) is 11.1. The van der Waals surface area contributed by atoms with Gasteiger partial charge >= 0.3 is 7.60 Å². The molecule has 0 saturated heterocycles. The van der Waals surface area contributed by atoms with E-state index in [9.17, 15) is 4.57 Å². The van der Waals surface area contributed by atoms with Crippen molar-refractivity contribution in [2.45, 2.75) is 0 Å². The predicted octanol–water partition coefficient (Wildman–Crippen LogP) is 4.01. The van der Waals surface area contributed by atoms with E-state index in [1.54, 1.807) is 42.5 Å². The molecule has 1 heterocycles. The molecule has 2 aromatic rings. The van der Waals surface area contributed by atoms with Gasteiger partial charge in [0, 0.05) is 0 Å². The van der Waals surface area contributed by atoms with Gasteiger partial charge in [0.05, 0.1) is 0 Å². The highest BCUT2D eigenvalue weighted by molar-refractivity contribution is 7.70. The number of nitrogens with zero attached hydrogens (tertiary/aromatic N) is 1. The summed E-state index contributed by atoms with van der Waals surface area (Å²) in [5.41, 5.74) is 0.653. The number of hydrogen-bond donors (Lipinski definition) is 0. The fourth-order valence-corrected chi connectivity index (χ4v) is 2.85. The molecule has 18 heavy (non-hydrogen) atoms. The van der Waals surface area contributed by atoms with Gasteiger partial charge in [0.1, 0.15) is 17.4 Å². The summed E-state index contributed by atoms with van der Waals surface area (Å²) in [6.07, 6.45) is 0. The van der Waals surface area contributed by atoms with Gasteiger partial charge in [-0.1, -0.05) is 30.3 Å². The third kappa shape index (κ3) is 2.15. The van der Waals surface area contributed by atoms with Gasteiger partial charge in [-0.05, 0) is 24.3 Å². The summed E-state index contributed by atoms with van der Waals surface area (Å²) >= 11 is 0. The fourth-order valence-electron chi connectivity index (χ4n) is 1.61. The highest BCUT2D eigenvalue weighted by Crippen LogP contribution is 2.51. The summed E-state index contributed by atoms with van der Waals surface area (Å²) < 4.78 is 23.2. The van der Waals surface area contributed by atoms with E-state index >= 15 is 0 Å². The van der Waals surface area contributed by atoms with E-state index in [0.717, 1.165) is 0 Å². The lowest BCUT2D eigenvalue weighted by molar-refractivity contribution is 0.402. The van der Waals surface area contributed by atoms with Gasteiger partial charge < -0.3 is 9.05 Å². The molecule has 0 aliphatic carbocycles. The van der Waals surface area contributed by atoms with Crippen molar-refractivity contribution in [3.63, 3.8) is 0 Å². The van der Waals surface area contributed by atoms with Crippen LogP contribution in [0.4, 0.5) is 5.69 Å². The first-order chi connectivity index (χ1) is 8.75. The van der Waals surface area contributed by atoms with E-state index in [4.69, 9.17) is 9.05 Å². The van der Waals surface area contributed by atoms with Crippen LogP contribution in [0.3, 0.4) is 0 Å². The van der Waals surface area contributed by atoms with Crippen LogP contribution in [0.5, 0.6) is 11.5 Å². The molecule has 3 rings (SSSR count). The molecule has 0 spiro atoms. The highest BCUT2D eigenvalue weighted by atomic mass is 31.2. The van der Waals surface area contributed by atoms with Crippen molar-refractivity contribution in [1.82, 2.24) is 0 Å². The van der Waals surface area contributed by atoms with Crippen molar-refractivity contribution in [2.24, 2.45) is 4.99 Å². The van der Waals surface area contributed by atoms with Gasteiger partial charge in [-0.3, -0.25) is 0 Å². The lowest BCUT2D eigenvalue weighted by Crippen LogP contribution is -2.05. The Morgan fingerprint density at radius 1 is 1.00 bits per heavy atom. The maximum atomic E-state index is 12.4. The van der Waals surface area contributed by atoms with Gasteiger partial charge in [-0.2, -0.15) is 0 Å². The topological polar surface area (TPSA) is 47.9 Å². The van der Waals surface area contributed by atoms with Crippen LogP contribution in [0.2, 0.25) is 0 Å². The molecule has 0 aromatic heterocycles. The number of benzene rings is 2. The number of hydrogen-bond acceptors (Lipinski definition) is 4. The summed E-state index contributed by atoms with van der Waals surface area (Å²) in [4.78, 5) is 4.10. The third-order valence-electron chi connectivity index (χ3n) is 2.40. The summed E-state index contributed by atoms with van der Waals surface area (Å²) in [6, 6.07) is 16.0. The Bertz CT molecular complexity index is 640. The Hall–Kier alpha value is -2.06. The van der Waals surface area contributed by atoms with Crippen LogP contribution in [0, 0.1) is 0 Å². The molecule has 4 nitrogen and oxygen atoms in total. The van der Waals surface area contributed by atoms with Crippen LogP contribution in [0.25, 0.3) is 0 Å². The van der Waals surface area contributed by atoms with E-state index in [0.29, 0.717) is 17.2 Å². The standard InChI is InChI=1S/C13H10NO3P/c15-18(16-11-6-2-1-3-7-11)10-14-12-8-4-5-9-13(12)17-18/h1-10H. The molecule has 1 atom stereocenters. The zero-order valence-electron chi connectivity index (χ0n) is 9.39. The Kier molecular flexibility index (Phi) is 2.65. The minimum atomic E-state index is -3.36. The fraction of sp³-hybridized carbons (Fsp3) is 0. The Labute approximate surface area is 104 Å². The van der Waals surface area contributed by atoms with E-state index in [2.05, 4.69) is 4.99 Å². The van der Waals surface area contributed by atoms with Crippen molar-refractivity contribution in [1.29, 1.82) is 0 Å². The summed E-state index contributed by atoms with van der Waals surface area (Å²) in [7, 11) is -3.36. The van der Waals surface area contributed by atoms with Crippen molar-refractivity contribution in [3.05, 3.63) is 54.6 Å². The number of fused-ring (bicyclic) bond motifs is 1. The number of rotatable bonds is 2. The average molecular weight is 259 g/mol. The predicted molar refractivity (Wildman–Crippen MR) is 69.9 cm³/mol. The van der Waals surface area contributed by atoms with Gasteiger partial charge in [0.2, 0.25) is 0 Å². The Balaban J connectivity index is 1.89. The minimum Gasteiger partial charge on any atom is -0.412 e. The average Bonchev–Trinajstić information content (AvgIpc) is 2.39. The molecule has 0 fully saturated rings. The first-order valence-corrected chi connectivity index (χ1v) is 7.05. The smallest absolute Gasteiger partial charge is 0.412 e. The summed E-state index contributed by atoms with van der Waals surface area (Å²) in [6.45, 7) is 0. The molecular formula is C13H10NO3P. The van der Waals surface area contributed by atoms with Crippen LogP contribution in [0.15, 0.2) is 59.6 Å². The second-order valence-corrected chi connectivity index (χ2v) is 5.42. The SMILES string of the molecule is O=P1(Oc2ccccc2)C=Nc2ccccc2O1. The summed E-state index contributed by atoms with van der Waals surface area (Å²) in [5, 5.41) is 0. The van der Waals surface area contributed by atoms with E-state index < -0.39 is 7.60 Å². The van der Waals surface area contributed by atoms with Gasteiger partial charge in [-0.15, -0.1) is 0 Å².